The lowest BCUT2D eigenvalue weighted by atomic mass is 9.99. The molecule has 0 aromatic rings. The molecule has 21 heavy (non-hydrogen) atoms. The Balaban J connectivity index is 2.87. The first-order chi connectivity index (χ1) is 9.92. The number of unbranched alkanes of at least 4 members (excludes halogenated alkanes) is 1. The first-order valence-corrected chi connectivity index (χ1v) is 7.68. The lowest BCUT2D eigenvalue weighted by molar-refractivity contribution is -0.228. The van der Waals surface area contributed by atoms with Gasteiger partial charge in [0.05, 0.1) is 7.11 Å². The van der Waals surface area contributed by atoms with E-state index in [2.05, 4.69) is 20.7 Å². The van der Waals surface area contributed by atoms with Gasteiger partial charge in [-0.25, -0.2) is 4.79 Å². The van der Waals surface area contributed by atoms with Crippen LogP contribution in [0.5, 0.6) is 0 Å². The molecule has 0 saturated carbocycles. The van der Waals surface area contributed by atoms with Crippen molar-refractivity contribution in [3.8, 4) is 0 Å². The Morgan fingerprint density at radius 3 is 2.52 bits per heavy atom. The van der Waals surface area contributed by atoms with E-state index in [0.29, 0.717) is 6.61 Å². The standard InChI is InChI=1S/C13H21BrO7/c1-4-5-6-19-9-8(16)10(13(17)18-3)21-12(14)11(9)20-7(2)15/h8-12,16H,4-6H2,1-3H3/t8-,9?,10+,11-,12?/m0/s1. The predicted octanol–water partition coefficient (Wildman–Crippen LogP) is 0.757. The fourth-order valence-corrected chi connectivity index (χ4v) is 2.64. The number of ether oxygens (including phenoxy) is 4. The number of hydrogen-bond acceptors (Lipinski definition) is 7. The second kappa shape index (κ2) is 8.67. The van der Waals surface area contributed by atoms with Crippen molar-refractivity contribution in [1.29, 1.82) is 0 Å². The summed E-state index contributed by atoms with van der Waals surface area (Å²) in [6.07, 6.45) is -2.51. The molecular weight excluding hydrogens is 348 g/mol. The zero-order valence-corrected chi connectivity index (χ0v) is 13.9. The van der Waals surface area contributed by atoms with Gasteiger partial charge in [0, 0.05) is 13.5 Å². The van der Waals surface area contributed by atoms with Gasteiger partial charge in [0.15, 0.2) is 17.2 Å². The number of hydrogen-bond donors (Lipinski definition) is 1. The maximum absolute atomic E-state index is 11.6. The van der Waals surface area contributed by atoms with Crippen LogP contribution in [0.2, 0.25) is 0 Å². The van der Waals surface area contributed by atoms with Crippen LogP contribution in [0.3, 0.4) is 0 Å². The van der Waals surface area contributed by atoms with Gasteiger partial charge in [-0.2, -0.15) is 0 Å². The summed E-state index contributed by atoms with van der Waals surface area (Å²) in [6.45, 7) is 3.63. The Labute approximate surface area is 132 Å². The molecular formula is C13H21BrO7. The zero-order valence-electron chi connectivity index (χ0n) is 12.3. The van der Waals surface area contributed by atoms with Crippen LogP contribution in [0.1, 0.15) is 26.7 Å². The van der Waals surface area contributed by atoms with Crippen molar-refractivity contribution in [2.24, 2.45) is 0 Å². The number of halogens is 1. The zero-order chi connectivity index (χ0) is 16.0. The average Bonchev–Trinajstić information content (AvgIpc) is 2.44. The number of methoxy groups -OCH3 is 1. The SMILES string of the molecule is CCCCOC1[C@H](OC(C)=O)C(Br)O[C@@H](C(=O)OC)[C@H]1O. The number of carbonyl (C=O) groups is 2. The summed E-state index contributed by atoms with van der Waals surface area (Å²) in [7, 11) is 1.20. The van der Waals surface area contributed by atoms with E-state index in [1.54, 1.807) is 0 Å². The Kier molecular flexibility index (Phi) is 7.58. The summed E-state index contributed by atoms with van der Waals surface area (Å²) >= 11 is 3.20. The molecule has 1 rings (SSSR count). The number of alkyl halides is 1. The van der Waals surface area contributed by atoms with Crippen LogP contribution < -0.4 is 0 Å². The number of aliphatic hydroxyl groups is 1. The molecule has 5 atom stereocenters. The van der Waals surface area contributed by atoms with Crippen LogP contribution in [0.15, 0.2) is 0 Å². The van der Waals surface area contributed by atoms with Crippen molar-refractivity contribution >= 4 is 27.9 Å². The van der Waals surface area contributed by atoms with Crippen molar-refractivity contribution < 1.29 is 33.6 Å². The monoisotopic (exact) mass is 368 g/mol. The molecule has 0 spiro atoms. The van der Waals surface area contributed by atoms with Gasteiger partial charge in [-0.3, -0.25) is 4.79 Å². The van der Waals surface area contributed by atoms with E-state index >= 15 is 0 Å². The highest BCUT2D eigenvalue weighted by Crippen LogP contribution is 2.30. The highest BCUT2D eigenvalue weighted by atomic mass is 79.9. The average molecular weight is 369 g/mol. The van der Waals surface area contributed by atoms with Crippen LogP contribution in [-0.4, -0.2) is 60.2 Å². The molecule has 1 heterocycles. The van der Waals surface area contributed by atoms with E-state index in [-0.39, 0.29) is 0 Å². The molecule has 0 aromatic carbocycles. The number of esters is 2. The summed E-state index contributed by atoms with van der Waals surface area (Å²) in [5.41, 5.74) is 0. The quantitative estimate of drug-likeness (QED) is 0.420. The number of rotatable bonds is 6. The van der Waals surface area contributed by atoms with Gasteiger partial charge in [-0.15, -0.1) is 0 Å². The minimum Gasteiger partial charge on any atom is -0.467 e. The second-order valence-corrected chi connectivity index (χ2v) is 5.59. The Morgan fingerprint density at radius 1 is 1.33 bits per heavy atom. The molecule has 1 aliphatic rings. The van der Waals surface area contributed by atoms with Crippen molar-refractivity contribution in [3.63, 3.8) is 0 Å². The molecule has 0 amide bonds. The maximum Gasteiger partial charge on any atom is 0.337 e. The summed E-state index contributed by atoms with van der Waals surface area (Å²) in [6, 6.07) is 0. The van der Waals surface area contributed by atoms with E-state index in [1.807, 2.05) is 6.92 Å². The molecule has 7 nitrogen and oxygen atoms in total. The fourth-order valence-electron chi connectivity index (χ4n) is 1.99. The van der Waals surface area contributed by atoms with Crippen LogP contribution in [-0.2, 0) is 28.5 Å². The smallest absolute Gasteiger partial charge is 0.337 e. The van der Waals surface area contributed by atoms with Crippen LogP contribution in [0.4, 0.5) is 0 Å². The van der Waals surface area contributed by atoms with Gasteiger partial charge in [-0.1, -0.05) is 29.3 Å². The number of aliphatic hydroxyl groups excluding tert-OH is 1. The molecule has 0 radical (unpaired) electrons. The Hall–Kier alpha value is -0.700. The summed E-state index contributed by atoms with van der Waals surface area (Å²) in [5, 5.41) is 9.49. The molecule has 0 bridgehead atoms. The summed E-state index contributed by atoms with van der Waals surface area (Å²) in [4.78, 5) is 22.8. The highest BCUT2D eigenvalue weighted by Gasteiger charge is 2.50. The maximum atomic E-state index is 11.6. The van der Waals surface area contributed by atoms with Crippen molar-refractivity contribution in [2.45, 2.75) is 56.1 Å². The fraction of sp³-hybridized carbons (Fsp3) is 0.846. The first kappa shape index (κ1) is 18.3. The molecule has 122 valence electrons. The van der Waals surface area contributed by atoms with Gasteiger partial charge in [0.25, 0.3) is 0 Å². The van der Waals surface area contributed by atoms with Crippen molar-refractivity contribution in [2.75, 3.05) is 13.7 Å². The van der Waals surface area contributed by atoms with Crippen LogP contribution >= 0.6 is 15.9 Å². The molecule has 8 heteroatoms. The largest absolute Gasteiger partial charge is 0.467 e. The summed E-state index contributed by atoms with van der Waals surface area (Å²) in [5.74, 6) is -1.24. The highest BCUT2D eigenvalue weighted by molar-refractivity contribution is 9.09. The number of carbonyl (C=O) groups excluding carboxylic acids is 2. The normalized spacial score (nSPS) is 32.5. The minimum atomic E-state index is -1.28. The second-order valence-electron chi connectivity index (χ2n) is 4.68. The van der Waals surface area contributed by atoms with Crippen LogP contribution in [0.25, 0.3) is 0 Å². The third-order valence-electron chi connectivity index (χ3n) is 3.05. The molecule has 1 N–H and O–H groups in total. The van der Waals surface area contributed by atoms with E-state index < -0.39 is 41.4 Å². The Bertz CT molecular complexity index is 362. The van der Waals surface area contributed by atoms with E-state index in [0.717, 1.165) is 12.8 Å². The molecule has 0 aliphatic carbocycles. The van der Waals surface area contributed by atoms with Crippen LogP contribution in [0, 0.1) is 0 Å². The minimum absolute atomic E-state index is 0.379. The molecule has 1 fully saturated rings. The third-order valence-corrected chi connectivity index (χ3v) is 3.79. The topological polar surface area (TPSA) is 91.3 Å². The van der Waals surface area contributed by atoms with Gasteiger partial charge >= 0.3 is 11.9 Å². The summed E-state index contributed by atoms with van der Waals surface area (Å²) < 4.78 is 20.7. The Morgan fingerprint density at radius 2 is 2.00 bits per heavy atom. The lowest BCUT2D eigenvalue weighted by Gasteiger charge is -2.40. The first-order valence-electron chi connectivity index (χ1n) is 6.76. The van der Waals surface area contributed by atoms with Gasteiger partial charge in [-0.05, 0) is 6.42 Å². The van der Waals surface area contributed by atoms with Gasteiger partial charge in [0.1, 0.15) is 12.2 Å². The third kappa shape index (κ3) is 4.91. The molecule has 2 unspecified atom stereocenters. The molecule has 1 saturated heterocycles. The van der Waals surface area contributed by atoms with E-state index in [4.69, 9.17) is 14.2 Å². The van der Waals surface area contributed by atoms with Crippen molar-refractivity contribution in [3.05, 3.63) is 0 Å². The van der Waals surface area contributed by atoms with Crippen molar-refractivity contribution in [1.82, 2.24) is 0 Å². The lowest BCUT2D eigenvalue weighted by Crippen LogP contribution is -2.60. The van der Waals surface area contributed by atoms with Gasteiger partial charge < -0.3 is 24.1 Å². The van der Waals surface area contributed by atoms with E-state index in [9.17, 15) is 14.7 Å². The van der Waals surface area contributed by atoms with E-state index in [1.165, 1.54) is 14.0 Å². The molecule has 1 aliphatic heterocycles. The molecule has 0 aromatic heterocycles. The van der Waals surface area contributed by atoms with Gasteiger partial charge in [0.2, 0.25) is 0 Å². The predicted molar refractivity (Wildman–Crippen MR) is 75.8 cm³/mol.